The van der Waals surface area contributed by atoms with Crippen molar-refractivity contribution in [3.63, 3.8) is 0 Å². The summed E-state index contributed by atoms with van der Waals surface area (Å²) in [5.41, 5.74) is -0.243. The minimum Gasteiger partial charge on any atom is -0.478 e. The Balaban J connectivity index is 0.000000254. The monoisotopic (exact) mass is 378 g/mol. The van der Waals surface area contributed by atoms with Crippen LogP contribution >= 0.6 is 10.7 Å². The Hall–Kier alpha value is -2.52. The van der Waals surface area contributed by atoms with Gasteiger partial charge < -0.3 is 10.2 Å². The summed E-state index contributed by atoms with van der Waals surface area (Å²) in [5.74, 6) is -3.90. The number of carboxylic acid groups (broad SMARTS) is 2. The van der Waals surface area contributed by atoms with E-state index in [1.54, 1.807) is 0 Å². The Morgan fingerprint density at radius 3 is 1.75 bits per heavy atom. The number of carbonyl (C=O) groups is 2. The van der Waals surface area contributed by atoms with E-state index in [0.29, 0.717) is 6.07 Å². The third-order valence-corrected chi connectivity index (χ3v) is 3.87. The Morgan fingerprint density at radius 1 is 0.875 bits per heavy atom. The van der Waals surface area contributed by atoms with E-state index in [1.807, 2.05) is 0 Å². The number of carboxylic acids is 2. The Bertz CT molecular complexity index is 865. The average Bonchev–Trinajstić information content (AvgIpc) is 2.47. The molecule has 0 spiro atoms. The maximum atomic E-state index is 12.9. The van der Waals surface area contributed by atoms with Gasteiger partial charge in [0.1, 0.15) is 16.5 Å². The minimum atomic E-state index is -4.26. The number of benzene rings is 2. The van der Waals surface area contributed by atoms with Crippen molar-refractivity contribution < 1.29 is 37.0 Å². The molecule has 0 unspecified atom stereocenters. The highest BCUT2D eigenvalue weighted by Crippen LogP contribution is 2.20. The maximum absolute atomic E-state index is 12.9. The molecule has 0 aliphatic heterocycles. The SMILES string of the molecule is O=C(O)c1ccc(F)c(S(=O)(=O)Cl)c1.O=C(O)c1ccc(F)cc1. The predicted octanol–water partition coefficient (Wildman–Crippen LogP) is 2.98. The summed E-state index contributed by atoms with van der Waals surface area (Å²) in [7, 11) is 0.624. The van der Waals surface area contributed by atoms with Crippen LogP contribution in [0.25, 0.3) is 0 Å². The van der Waals surface area contributed by atoms with Crippen molar-refractivity contribution in [2.24, 2.45) is 0 Å². The molecule has 0 heterocycles. The van der Waals surface area contributed by atoms with Gasteiger partial charge in [-0.1, -0.05) is 0 Å². The van der Waals surface area contributed by atoms with Crippen LogP contribution in [0.3, 0.4) is 0 Å². The van der Waals surface area contributed by atoms with Gasteiger partial charge in [0.2, 0.25) is 0 Å². The molecule has 0 bridgehead atoms. The van der Waals surface area contributed by atoms with Gasteiger partial charge in [-0.25, -0.2) is 26.8 Å². The number of rotatable bonds is 3. The molecular formula is C14H9ClF2O6S. The van der Waals surface area contributed by atoms with Crippen LogP contribution in [-0.4, -0.2) is 30.6 Å². The van der Waals surface area contributed by atoms with E-state index < -0.39 is 37.5 Å². The zero-order valence-electron chi connectivity index (χ0n) is 11.6. The molecule has 128 valence electrons. The standard InChI is InChI=1S/C7H4ClFO4S.C7H5FO2/c8-14(12,13)6-3-4(7(10)11)1-2-5(6)9;8-6-3-1-5(2-4-6)7(9)10/h1-3H,(H,10,11);1-4H,(H,9,10). The molecule has 0 saturated carbocycles. The van der Waals surface area contributed by atoms with E-state index in [4.69, 9.17) is 20.9 Å². The first-order valence-electron chi connectivity index (χ1n) is 5.98. The van der Waals surface area contributed by atoms with Gasteiger partial charge in [0.15, 0.2) is 0 Å². The molecule has 0 aliphatic carbocycles. The van der Waals surface area contributed by atoms with E-state index in [0.717, 1.165) is 24.3 Å². The van der Waals surface area contributed by atoms with Crippen molar-refractivity contribution in [2.75, 3.05) is 0 Å². The molecule has 0 fully saturated rings. The van der Waals surface area contributed by atoms with Gasteiger partial charge in [-0.2, -0.15) is 0 Å². The van der Waals surface area contributed by atoms with Crippen LogP contribution in [0.15, 0.2) is 47.4 Å². The predicted molar refractivity (Wildman–Crippen MR) is 79.8 cm³/mol. The summed E-state index contributed by atoms with van der Waals surface area (Å²) in [6, 6.07) is 7.02. The van der Waals surface area contributed by atoms with Crippen LogP contribution in [0.5, 0.6) is 0 Å². The topological polar surface area (TPSA) is 109 Å². The van der Waals surface area contributed by atoms with E-state index in [-0.39, 0.29) is 11.1 Å². The molecule has 2 N–H and O–H groups in total. The number of aromatic carboxylic acids is 2. The lowest BCUT2D eigenvalue weighted by molar-refractivity contribution is 0.0685. The van der Waals surface area contributed by atoms with Gasteiger partial charge in [-0.05, 0) is 42.5 Å². The lowest BCUT2D eigenvalue weighted by Gasteiger charge is -1.99. The van der Waals surface area contributed by atoms with E-state index in [1.165, 1.54) is 12.1 Å². The molecule has 24 heavy (non-hydrogen) atoms. The van der Waals surface area contributed by atoms with E-state index >= 15 is 0 Å². The summed E-state index contributed by atoms with van der Waals surface area (Å²) in [6.45, 7) is 0. The van der Waals surface area contributed by atoms with Crippen LogP contribution in [0, 0.1) is 11.6 Å². The zero-order valence-corrected chi connectivity index (χ0v) is 13.2. The Kier molecular flexibility index (Phi) is 6.38. The molecular weight excluding hydrogens is 370 g/mol. The summed E-state index contributed by atoms with van der Waals surface area (Å²) >= 11 is 0. The Morgan fingerprint density at radius 2 is 1.33 bits per heavy atom. The largest absolute Gasteiger partial charge is 0.478 e. The molecule has 0 saturated heterocycles. The number of hydrogen-bond donors (Lipinski definition) is 2. The maximum Gasteiger partial charge on any atom is 0.335 e. The molecule has 10 heteroatoms. The van der Waals surface area contributed by atoms with Crippen molar-refractivity contribution >= 4 is 31.7 Å². The highest BCUT2D eigenvalue weighted by molar-refractivity contribution is 8.13. The van der Waals surface area contributed by atoms with Crippen LogP contribution in [-0.2, 0) is 9.05 Å². The molecule has 2 aromatic rings. The van der Waals surface area contributed by atoms with Gasteiger partial charge in [-0.15, -0.1) is 0 Å². The zero-order chi connectivity index (χ0) is 18.5. The summed E-state index contributed by atoms with van der Waals surface area (Å²) < 4.78 is 46.6. The fourth-order valence-corrected chi connectivity index (χ4v) is 2.34. The van der Waals surface area contributed by atoms with Crippen LogP contribution < -0.4 is 0 Å². The molecule has 2 rings (SSSR count). The van der Waals surface area contributed by atoms with Gasteiger partial charge in [0.25, 0.3) is 9.05 Å². The molecule has 0 aliphatic rings. The first-order chi connectivity index (χ1) is 11.0. The van der Waals surface area contributed by atoms with Gasteiger partial charge in [0, 0.05) is 10.7 Å². The summed E-state index contributed by atoms with van der Waals surface area (Å²) in [6.07, 6.45) is 0. The third kappa shape index (κ3) is 5.60. The first kappa shape index (κ1) is 19.5. The van der Waals surface area contributed by atoms with Gasteiger partial charge in [0.05, 0.1) is 11.1 Å². The van der Waals surface area contributed by atoms with Crippen molar-refractivity contribution in [1.82, 2.24) is 0 Å². The van der Waals surface area contributed by atoms with Crippen LogP contribution in [0.4, 0.5) is 8.78 Å². The number of halogens is 3. The molecule has 2 aromatic carbocycles. The molecule has 6 nitrogen and oxygen atoms in total. The normalized spacial score (nSPS) is 10.5. The molecule has 0 aromatic heterocycles. The van der Waals surface area contributed by atoms with Crippen LogP contribution in [0.1, 0.15) is 20.7 Å². The lowest BCUT2D eigenvalue weighted by Crippen LogP contribution is -2.01. The van der Waals surface area contributed by atoms with Crippen molar-refractivity contribution in [3.05, 3.63) is 65.2 Å². The second kappa shape index (κ2) is 7.84. The van der Waals surface area contributed by atoms with Crippen molar-refractivity contribution in [1.29, 1.82) is 0 Å². The highest BCUT2D eigenvalue weighted by atomic mass is 35.7. The highest BCUT2D eigenvalue weighted by Gasteiger charge is 2.18. The second-order valence-corrected chi connectivity index (χ2v) is 6.73. The fourth-order valence-electron chi connectivity index (χ4n) is 1.42. The van der Waals surface area contributed by atoms with E-state index in [9.17, 15) is 26.8 Å². The van der Waals surface area contributed by atoms with Crippen molar-refractivity contribution in [3.8, 4) is 0 Å². The van der Waals surface area contributed by atoms with Gasteiger partial charge >= 0.3 is 11.9 Å². The quantitative estimate of drug-likeness (QED) is 0.795. The average molecular weight is 379 g/mol. The second-order valence-electron chi connectivity index (χ2n) is 4.20. The summed E-state index contributed by atoms with van der Waals surface area (Å²) in [4.78, 5) is 19.8. The fraction of sp³-hybridized carbons (Fsp3) is 0. The third-order valence-electron chi connectivity index (χ3n) is 2.53. The van der Waals surface area contributed by atoms with E-state index in [2.05, 4.69) is 0 Å². The minimum absolute atomic E-state index is 0.0985. The van der Waals surface area contributed by atoms with Crippen LogP contribution in [0.2, 0.25) is 0 Å². The molecule has 0 amide bonds. The molecule has 0 atom stereocenters. The Labute approximate surface area is 139 Å². The first-order valence-corrected chi connectivity index (χ1v) is 8.29. The summed E-state index contributed by atoms with van der Waals surface area (Å²) in [5, 5.41) is 16.9. The van der Waals surface area contributed by atoms with Crippen molar-refractivity contribution in [2.45, 2.75) is 4.90 Å². The number of hydrogen-bond acceptors (Lipinski definition) is 4. The molecule has 0 radical (unpaired) electrons. The lowest BCUT2D eigenvalue weighted by atomic mass is 10.2. The van der Waals surface area contributed by atoms with Gasteiger partial charge in [-0.3, -0.25) is 0 Å². The smallest absolute Gasteiger partial charge is 0.335 e.